The third-order valence-electron chi connectivity index (χ3n) is 4.51. The van der Waals surface area contributed by atoms with Gasteiger partial charge in [0.15, 0.2) is 0 Å². The lowest BCUT2D eigenvalue weighted by Crippen LogP contribution is -2.48. The van der Waals surface area contributed by atoms with Crippen LogP contribution in [0.15, 0.2) is 0 Å². The predicted molar refractivity (Wildman–Crippen MR) is 71.6 cm³/mol. The van der Waals surface area contributed by atoms with Crippen molar-refractivity contribution in [2.24, 2.45) is 11.7 Å². The number of hydrogen-bond donors (Lipinski definition) is 1. The number of nitrogens with zero attached hydrogens (tertiary/aromatic N) is 1. The van der Waals surface area contributed by atoms with Gasteiger partial charge in [-0.2, -0.15) is 0 Å². The van der Waals surface area contributed by atoms with E-state index in [2.05, 4.69) is 25.8 Å². The zero-order valence-corrected chi connectivity index (χ0v) is 11.4. The van der Waals surface area contributed by atoms with Crippen LogP contribution in [0.2, 0.25) is 0 Å². The normalized spacial score (nSPS) is 20.6. The molecular weight excluding hydrogens is 196 g/mol. The fourth-order valence-corrected chi connectivity index (χ4v) is 3.28. The maximum Gasteiger partial charge on any atom is 0.0246 e. The van der Waals surface area contributed by atoms with Crippen LogP contribution < -0.4 is 5.73 Å². The van der Waals surface area contributed by atoms with Crippen molar-refractivity contribution in [3.05, 3.63) is 0 Å². The van der Waals surface area contributed by atoms with Gasteiger partial charge in [0.25, 0.3) is 0 Å². The average molecular weight is 226 g/mol. The summed E-state index contributed by atoms with van der Waals surface area (Å²) in [5.41, 5.74) is 5.99. The van der Waals surface area contributed by atoms with Crippen LogP contribution in [0.3, 0.4) is 0 Å². The molecule has 0 aliphatic heterocycles. The van der Waals surface area contributed by atoms with E-state index in [9.17, 15) is 0 Å². The van der Waals surface area contributed by atoms with E-state index >= 15 is 0 Å². The van der Waals surface area contributed by atoms with Crippen LogP contribution in [0.4, 0.5) is 0 Å². The lowest BCUT2D eigenvalue weighted by atomic mass is 9.88. The van der Waals surface area contributed by atoms with Crippen LogP contribution in [0.25, 0.3) is 0 Å². The molecule has 1 aliphatic carbocycles. The molecule has 1 saturated carbocycles. The highest BCUT2D eigenvalue weighted by Gasteiger charge is 2.27. The lowest BCUT2D eigenvalue weighted by molar-refractivity contribution is 0.0983. The molecule has 0 bridgehead atoms. The SMILES string of the molecule is CCC(CC)C(CN)N(C)C1CCCCC1. The topological polar surface area (TPSA) is 29.3 Å². The summed E-state index contributed by atoms with van der Waals surface area (Å²) in [6.07, 6.45) is 9.54. The van der Waals surface area contributed by atoms with Crippen molar-refractivity contribution in [3.63, 3.8) is 0 Å². The molecule has 0 aromatic rings. The number of likely N-dealkylation sites (N-methyl/N-ethyl adjacent to an activating group) is 1. The summed E-state index contributed by atoms with van der Waals surface area (Å²) in [4.78, 5) is 2.59. The van der Waals surface area contributed by atoms with Gasteiger partial charge >= 0.3 is 0 Å². The smallest absolute Gasteiger partial charge is 0.0246 e. The van der Waals surface area contributed by atoms with Gasteiger partial charge < -0.3 is 5.73 Å². The summed E-state index contributed by atoms with van der Waals surface area (Å²) in [6.45, 7) is 5.41. The summed E-state index contributed by atoms with van der Waals surface area (Å²) in [6, 6.07) is 1.39. The van der Waals surface area contributed by atoms with E-state index in [0.717, 1.165) is 18.5 Å². The Balaban J connectivity index is 2.55. The minimum atomic E-state index is 0.595. The largest absolute Gasteiger partial charge is 0.329 e. The summed E-state index contributed by atoms with van der Waals surface area (Å²) < 4.78 is 0. The molecule has 0 heterocycles. The number of nitrogens with two attached hydrogens (primary N) is 1. The Hall–Kier alpha value is -0.0800. The highest BCUT2D eigenvalue weighted by Crippen LogP contribution is 2.26. The van der Waals surface area contributed by atoms with E-state index in [1.54, 1.807) is 0 Å². The molecule has 0 aromatic carbocycles. The maximum absolute atomic E-state index is 5.99. The molecule has 2 heteroatoms. The summed E-state index contributed by atoms with van der Waals surface area (Å²) in [5.74, 6) is 0.775. The second kappa shape index (κ2) is 7.29. The minimum absolute atomic E-state index is 0.595. The summed E-state index contributed by atoms with van der Waals surface area (Å²) in [5, 5.41) is 0. The summed E-state index contributed by atoms with van der Waals surface area (Å²) in [7, 11) is 2.30. The first-order chi connectivity index (χ1) is 7.74. The zero-order valence-electron chi connectivity index (χ0n) is 11.4. The maximum atomic E-state index is 5.99. The van der Waals surface area contributed by atoms with E-state index in [1.807, 2.05) is 0 Å². The second-order valence-electron chi connectivity index (χ2n) is 5.34. The van der Waals surface area contributed by atoms with Crippen LogP contribution in [-0.2, 0) is 0 Å². The fraction of sp³-hybridized carbons (Fsp3) is 1.00. The first kappa shape index (κ1) is 14.0. The van der Waals surface area contributed by atoms with Gasteiger partial charge in [-0.15, -0.1) is 0 Å². The predicted octanol–water partition coefficient (Wildman–Crippen LogP) is 3.01. The lowest BCUT2D eigenvalue weighted by Gasteiger charge is -2.40. The number of rotatable bonds is 6. The Labute approximate surface area is 102 Å². The zero-order chi connectivity index (χ0) is 12.0. The highest BCUT2D eigenvalue weighted by molar-refractivity contribution is 4.83. The van der Waals surface area contributed by atoms with Gasteiger partial charge in [-0.05, 0) is 25.8 Å². The van der Waals surface area contributed by atoms with Gasteiger partial charge in [0, 0.05) is 18.6 Å². The van der Waals surface area contributed by atoms with Gasteiger partial charge in [0.2, 0.25) is 0 Å². The van der Waals surface area contributed by atoms with Crippen molar-refractivity contribution < 1.29 is 0 Å². The van der Waals surface area contributed by atoms with E-state index in [1.165, 1.54) is 44.9 Å². The molecule has 1 rings (SSSR count). The molecule has 0 spiro atoms. The van der Waals surface area contributed by atoms with Crippen LogP contribution >= 0.6 is 0 Å². The first-order valence-corrected chi connectivity index (χ1v) is 7.16. The molecule has 1 aliphatic rings. The quantitative estimate of drug-likeness (QED) is 0.754. The molecular formula is C14H30N2. The Kier molecular flexibility index (Phi) is 6.37. The van der Waals surface area contributed by atoms with E-state index in [0.29, 0.717) is 6.04 Å². The monoisotopic (exact) mass is 226 g/mol. The molecule has 1 atom stereocenters. The number of hydrogen-bond acceptors (Lipinski definition) is 2. The molecule has 96 valence electrons. The highest BCUT2D eigenvalue weighted by atomic mass is 15.2. The standard InChI is InChI=1S/C14H30N2/c1-4-12(5-2)14(11-15)16(3)13-9-7-6-8-10-13/h12-14H,4-11,15H2,1-3H3. The molecule has 2 N–H and O–H groups in total. The van der Waals surface area contributed by atoms with Crippen LogP contribution in [0.1, 0.15) is 58.8 Å². The molecule has 0 aromatic heterocycles. The van der Waals surface area contributed by atoms with Gasteiger partial charge in [0.1, 0.15) is 0 Å². The molecule has 16 heavy (non-hydrogen) atoms. The first-order valence-electron chi connectivity index (χ1n) is 7.16. The van der Waals surface area contributed by atoms with Crippen LogP contribution in [0.5, 0.6) is 0 Å². The molecule has 0 radical (unpaired) electrons. The second-order valence-corrected chi connectivity index (χ2v) is 5.34. The summed E-state index contributed by atoms with van der Waals surface area (Å²) >= 11 is 0. The van der Waals surface area contributed by atoms with Crippen molar-refractivity contribution in [3.8, 4) is 0 Å². The molecule has 0 saturated heterocycles. The average Bonchev–Trinajstić information content (AvgIpc) is 2.36. The van der Waals surface area contributed by atoms with Crippen molar-refractivity contribution in [2.75, 3.05) is 13.6 Å². The molecule has 0 amide bonds. The van der Waals surface area contributed by atoms with Crippen molar-refractivity contribution >= 4 is 0 Å². The minimum Gasteiger partial charge on any atom is -0.329 e. The van der Waals surface area contributed by atoms with E-state index in [-0.39, 0.29) is 0 Å². The van der Waals surface area contributed by atoms with Gasteiger partial charge in [-0.3, -0.25) is 4.90 Å². The fourth-order valence-electron chi connectivity index (χ4n) is 3.28. The van der Waals surface area contributed by atoms with Crippen LogP contribution in [0, 0.1) is 5.92 Å². The Morgan fingerprint density at radius 2 is 1.69 bits per heavy atom. The van der Waals surface area contributed by atoms with E-state index < -0.39 is 0 Å². The molecule has 2 nitrogen and oxygen atoms in total. The van der Waals surface area contributed by atoms with Crippen LogP contribution in [-0.4, -0.2) is 30.6 Å². The van der Waals surface area contributed by atoms with Crippen molar-refractivity contribution in [1.29, 1.82) is 0 Å². The Bertz CT molecular complexity index is 172. The van der Waals surface area contributed by atoms with E-state index in [4.69, 9.17) is 5.73 Å². The Morgan fingerprint density at radius 1 is 1.12 bits per heavy atom. The third-order valence-corrected chi connectivity index (χ3v) is 4.51. The van der Waals surface area contributed by atoms with Gasteiger partial charge in [0.05, 0.1) is 0 Å². The van der Waals surface area contributed by atoms with Crippen molar-refractivity contribution in [1.82, 2.24) is 4.90 Å². The van der Waals surface area contributed by atoms with Gasteiger partial charge in [-0.25, -0.2) is 0 Å². The Morgan fingerprint density at radius 3 is 2.12 bits per heavy atom. The molecule has 1 fully saturated rings. The van der Waals surface area contributed by atoms with Crippen molar-refractivity contribution in [2.45, 2.75) is 70.9 Å². The molecule has 1 unspecified atom stereocenters. The van der Waals surface area contributed by atoms with Gasteiger partial charge in [-0.1, -0.05) is 46.0 Å². The third kappa shape index (κ3) is 3.46.